The molecule has 0 amide bonds. The first-order chi connectivity index (χ1) is 12.8. The van der Waals surface area contributed by atoms with Gasteiger partial charge in [0.15, 0.2) is 10.7 Å². The molecule has 0 saturated heterocycles. The molecule has 1 atom stereocenters. The summed E-state index contributed by atoms with van der Waals surface area (Å²) in [5, 5.41) is 9.54. The Hall–Kier alpha value is -2.47. The number of benzene rings is 2. The van der Waals surface area contributed by atoms with E-state index in [1.807, 2.05) is 43.3 Å². The number of fused-ring (bicyclic) bond motifs is 3. The number of azo groups is 1. The maximum atomic E-state index is 13.2. The zero-order valence-corrected chi connectivity index (χ0v) is 16.7. The first-order valence-electron chi connectivity index (χ1n) is 8.96. The number of para-hydroxylation sites is 2. The number of carbonyl (C=O) groups excluding carboxylic acids is 1. The van der Waals surface area contributed by atoms with Crippen molar-refractivity contribution in [3.8, 4) is 0 Å². The van der Waals surface area contributed by atoms with Crippen molar-refractivity contribution in [1.82, 2.24) is 9.55 Å². The number of thioether (sulfide) groups is 1. The average Bonchev–Trinajstić information content (AvgIpc) is 3.02. The number of rotatable bonds is 2. The van der Waals surface area contributed by atoms with Crippen LogP contribution in [0.1, 0.15) is 38.1 Å². The van der Waals surface area contributed by atoms with Crippen molar-refractivity contribution < 1.29 is 4.79 Å². The van der Waals surface area contributed by atoms with E-state index in [1.54, 1.807) is 16.3 Å². The van der Waals surface area contributed by atoms with Gasteiger partial charge < -0.3 is 0 Å². The Kier molecular flexibility index (Phi) is 4.18. The van der Waals surface area contributed by atoms with Gasteiger partial charge in [-0.15, -0.1) is 0 Å². The van der Waals surface area contributed by atoms with Crippen LogP contribution in [0.15, 0.2) is 63.9 Å². The van der Waals surface area contributed by atoms with E-state index in [9.17, 15) is 4.79 Å². The van der Waals surface area contributed by atoms with Crippen LogP contribution >= 0.6 is 11.8 Å². The second-order valence-corrected chi connectivity index (χ2v) is 9.03. The van der Waals surface area contributed by atoms with E-state index in [2.05, 4.69) is 48.1 Å². The standard InChI is InChI=1S/C21H22N4OS/c1-20(2,3)14-9-11-15(12-10-14)23-24-21(4)13-27-19-22-16-7-5-6-8-17(16)25(19)18(21)26/h5-12H,13H2,1-4H3. The minimum absolute atomic E-state index is 0.0833. The van der Waals surface area contributed by atoms with E-state index in [4.69, 9.17) is 0 Å². The van der Waals surface area contributed by atoms with Gasteiger partial charge in [0.05, 0.1) is 16.7 Å². The lowest BCUT2D eigenvalue weighted by atomic mass is 9.87. The largest absolute Gasteiger partial charge is 0.271 e. The molecule has 1 unspecified atom stereocenters. The number of carbonyl (C=O) groups is 1. The van der Waals surface area contributed by atoms with E-state index in [0.29, 0.717) is 5.75 Å². The number of nitrogens with zero attached hydrogens (tertiary/aromatic N) is 4. The SMILES string of the molecule is CC1(N=Nc2ccc(C(C)(C)C)cc2)CSc2nc3ccccc3n2C1=O. The van der Waals surface area contributed by atoms with Gasteiger partial charge in [-0.2, -0.15) is 10.2 Å². The maximum absolute atomic E-state index is 13.2. The average molecular weight is 379 g/mol. The predicted molar refractivity (Wildman–Crippen MR) is 109 cm³/mol. The molecule has 3 aromatic rings. The molecule has 4 rings (SSSR count). The zero-order valence-electron chi connectivity index (χ0n) is 15.9. The summed E-state index contributed by atoms with van der Waals surface area (Å²) < 4.78 is 1.67. The molecule has 0 spiro atoms. The topological polar surface area (TPSA) is 59.6 Å². The van der Waals surface area contributed by atoms with E-state index in [-0.39, 0.29) is 11.3 Å². The molecule has 1 aromatic heterocycles. The molecule has 138 valence electrons. The van der Waals surface area contributed by atoms with Crippen molar-refractivity contribution in [2.75, 3.05) is 5.75 Å². The van der Waals surface area contributed by atoms with Gasteiger partial charge >= 0.3 is 0 Å². The lowest BCUT2D eigenvalue weighted by Gasteiger charge is -2.27. The van der Waals surface area contributed by atoms with Crippen LogP contribution in [-0.2, 0) is 5.41 Å². The Morgan fingerprint density at radius 1 is 1.11 bits per heavy atom. The third-order valence-corrected chi connectivity index (χ3v) is 6.03. The van der Waals surface area contributed by atoms with Gasteiger partial charge in [0, 0.05) is 5.75 Å². The maximum Gasteiger partial charge on any atom is 0.263 e. The highest BCUT2D eigenvalue weighted by atomic mass is 32.2. The third kappa shape index (κ3) is 3.18. The van der Waals surface area contributed by atoms with E-state index in [1.165, 1.54) is 5.56 Å². The molecule has 2 heterocycles. The molecule has 6 heteroatoms. The first kappa shape index (κ1) is 17.9. The molecule has 0 radical (unpaired) electrons. The van der Waals surface area contributed by atoms with Crippen LogP contribution in [0.3, 0.4) is 0 Å². The van der Waals surface area contributed by atoms with Crippen molar-refractivity contribution >= 4 is 34.4 Å². The summed E-state index contributed by atoms with van der Waals surface area (Å²) in [5.74, 6) is 0.443. The molecule has 27 heavy (non-hydrogen) atoms. The number of hydrogen-bond donors (Lipinski definition) is 0. The van der Waals surface area contributed by atoms with Gasteiger partial charge in [0.2, 0.25) is 0 Å². The Bertz CT molecular complexity index is 1050. The fourth-order valence-corrected chi connectivity index (χ4v) is 4.14. The van der Waals surface area contributed by atoms with Crippen molar-refractivity contribution in [3.05, 3.63) is 54.1 Å². The predicted octanol–water partition coefficient (Wildman–Crippen LogP) is 5.62. The highest BCUT2D eigenvalue weighted by Gasteiger charge is 2.41. The summed E-state index contributed by atoms with van der Waals surface area (Å²) in [6.07, 6.45) is 0. The summed E-state index contributed by atoms with van der Waals surface area (Å²) in [6, 6.07) is 15.7. The van der Waals surface area contributed by atoms with Crippen LogP contribution in [0.2, 0.25) is 0 Å². The molecule has 0 bridgehead atoms. The molecule has 1 aliphatic rings. The van der Waals surface area contributed by atoms with Crippen molar-refractivity contribution in [2.45, 2.75) is 43.8 Å². The molecule has 0 fully saturated rings. The second kappa shape index (κ2) is 6.30. The minimum Gasteiger partial charge on any atom is -0.271 e. The lowest BCUT2D eigenvalue weighted by Crippen LogP contribution is -2.42. The fourth-order valence-electron chi connectivity index (χ4n) is 3.07. The summed E-state index contributed by atoms with van der Waals surface area (Å²) in [4.78, 5) is 17.7. The molecule has 1 aliphatic heterocycles. The van der Waals surface area contributed by atoms with Crippen LogP contribution in [-0.4, -0.2) is 26.8 Å². The molecule has 2 aromatic carbocycles. The smallest absolute Gasteiger partial charge is 0.263 e. The number of aromatic nitrogens is 2. The van der Waals surface area contributed by atoms with Crippen molar-refractivity contribution in [2.24, 2.45) is 10.2 Å². The van der Waals surface area contributed by atoms with E-state index >= 15 is 0 Å². The summed E-state index contributed by atoms with van der Waals surface area (Å²) in [7, 11) is 0. The van der Waals surface area contributed by atoms with Crippen molar-refractivity contribution in [3.63, 3.8) is 0 Å². The zero-order chi connectivity index (χ0) is 19.2. The Balaban J connectivity index is 1.64. The molecule has 0 saturated carbocycles. The van der Waals surface area contributed by atoms with Gasteiger partial charge in [0.1, 0.15) is 0 Å². The van der Waals surface area contributed by atoms with Gasteiger partial charge in [-0.25, -0.2) is 4.98 Å². The van der Waals surface area contributed by atoms with Crippen molar-refractivity contribution in [1.29, 1.82) is 0 Å². The normalized spacial score (nSPS) is 20.4. The monoisotopic (exact) mass is 378 g/mol. The van der Waals surface area contributed by atoms with Gasteiger partial charge in [-0.3, -0.25) is 9.36 Å². The lowest BCUT2D eigenvalue weighted by molar-refractivity contribution is 0.0816. The minimum atomic E-state index is -0.913. The van der Waals surface area contributed by atoms with Crippen LogP contribution in [0.4, 0.5) is 5.69 Å². The Labute approximate surface area is 162 Å². The van der Waals surface area contributed by atoms with E-state index in [0.717, 1.165) is 21.9 Å². The molecule has 0 N–H and O–H groups in total. The second-order valence-electron chi connectivity index (χ2n) is 8.08. The van der Waals surface area contributed by atoms with Crippen LogP contribution < -0.4 is 0 Å². The third-order valence-electron chi connectivity index (χ3n) is 4.80. The molecular weight excluding hydrogens is 356 g/mol. The van der Waals surface area contributed by atoms with Gasteiger partial charge in [0.25, 0.3) is 5.91 Å². The molecule has 5 nitrogen and oxygen atoms in total. The summed E-state index contributed by atoms with van der Waals surface area (Å²) in [6.45, 7) is 8.37. The first-order valence-corrected chi connectivity index (χ1v) is 9.95. The highest BCUT2D eigenvalue weighted by molar-refractivity contribution is 7.99. The van der Waals surface area contributed by atoms with Crippen LogP contribution in [0.25, 0.3) is 11.0 Å². The Morgan fingerprint density at radius 2 is 1.81 bits per heavy atom. The summed E-state index contributed by atoms with van der Waals surface area (Å²) in [5.41, 5.74) is 2.82. The summed E-state index contributed by atoms with van der Waals surface area (Å²) >= 11 is 1.54. The molecule has 0 aliphatic carbocycles. The number of imidazole rings is 1. The number of hydrogen-bond acceptors (Lipinski definition) is 5. The Morgan fingerprint density at radius 3 is 2.52 bits per heavy atom. The fraction of sp³-hybridized carbons (Fsp3) is 0.333. The van der Waals surface area contributed by atoms with Gasteiger partial charge in [-0.1, -0.05) is 56.8 Å². The highest BCUT2D eigenvalue weighted by Crippen LogP contribution is 2.36. The van der Waals surface area contributed by atoms with E-state index < -0.39 is 5.54 Å². The van der Waals surface area contributed by atoms with Crippen LogP contribution in [0.5, 0.6) is 0 Å². The quantitative estimate of drug-likeness (QED) is 0.544. The van der Waals surface area contributed by atoms with Gasteiger partial charge in [-0.05, 0) is 42.2 Å². The van der Waals surface area contributed by atoms with Crippen LogP contribution in [0, 0.1) is 0 Å². The molecular formula is C21H22N4OS.